The van der Waals surface area contributed by atoms with Gasteiger partial charge in [0, 0.05) is 10.3 Å². The van der Waals surface area contributed by atoms with Gasteiger partial charge >= 0.3 is 0 Å². The Labute approximate surface area is 78.3 Å². The number of alkyl halides is 1. The number of hydrogen-bond donors (Lipinski definition) is 1. The molecule has 2 heterocycles. The zero-order valence-corrected chi connectivity index (χ0v) is 8.15. The summed E-state index contributed by atoms with van der Waals surface area (Å²) >= 11 is 2.43. The second kappa shape index (κ2) is 2.62. The first-order valence-corrected chi connectivity index (χ1v) is 4.83. The summed E-state index contributed by atoms with van der Waals surface area (Å²) in [6, 6.07) is 0. The van der Waals surface area contributed by atoms with Crippen LogP contribution in [-0.4, -0.2) is 18.7 Å². The van der Waals surface area contributed by atoms with Crippen molar-refractivity contribution in [3.05, 3.63) is 5.82 Å². The summed E-state index contributed by atoms with van der Waals surface area (Å²) in [6.07, 6.45) is 2.20. The Morgan fingerprint density at radius 1 is 1.64 bits per heavy atom. The number of anilines is 1. The van der Waals surface area contributed by atoms with Crippen LogP contribution in [0.2, 0.25) is 0 Å². The van der Waals surface area contributed by atoms with Crippen molar-refractivity contribution in [3.8, 4) is 0 Å². The zero-order valence-electron chi connectivity index (χ0n) is 6.00. The average Bonchev–Trinajstić information content (AvgIpc) is 2.27. The monoisotopic (exact) mass is 264 g/mol. The Hall–Kier alpha value is -0.330. The van der Waals surface area contributed by atoms with Gasteiger partial charge in [-0.25, -0.2) is 4.68 Å². The van der Waals surface area contributed by atoms with Crippen molar-refractivity contribution in [2.45, 2.75) is 23.3 Å². The Morgan fingerprint density at radius 2 is 2.45 bits per heavy atom. The minimum atomic E-state index is 0.408. The maximum absolute atomic E-state index is 5.46. The predicted octanol–water partition coefficient (Wildman–Crippen LogP) is 0.610. The molecule has 0 amide bonds. The van der Waals surface area contributed by atoms with Crippen LogP contribution in [0, 0.1) is 0 Å². The molecule has 0 radical (unpaired) electrons. The average molecular weight is 264 g/mol. The lowest BCUT2D eigenvalue weighted by Crippen LogP contribution is -2.20. The van der Waals surface area contributed by atoms with Gasteiger partial charge in [0.25, 0.3) is 0 Å². The van der Waals surface area contributed by atoms with Gasteiger partial charge in [-0.2, -0.15) is 4.98 Å². The molecule has 0 aromatic carbocycles. The van der Waals surface area contributed by atoms with Gasteiger partial charge in [-0.3, -0.25) is 0 Å². The van der Waals surface area contributed by atoms with Crippen LogP contribution < -0.4 is 5.73 Å². The van der Waals surface area contributed by atoms with Gasteiger partial charge in [-0.05, 0) is 6.42 Å². The highest BCUT2D eigenvalue weighted by molar-refractivity contribution is 14.1. The molecule has 11 heavy (non-hydrogen) atoms. The van der Waals surface area contributed by atoms with E-state index in [0.29, 0.717) is 9.87 Å². The van der Waals surface area contributed by atoms with E-state index >= 15 is 0 Å². The third kappa shape index (κ3) is 1.33. The van der Waals surface area contributed by atoms with Gasteiger partial charge in [0.1, 0.15) is 5.82 Å². The molecule has 1 aliphatic heterocycles. The van der Waals surface area contributed by atoms with Crippen LogP contribution in [0.5, 0.6) is 0 Å². The van der Waals surface area contributed by atoms with Gasteiger partial charge in [0.2, 0.25) is 5.95 Å². The summed E-state index contributed by atoms with van der Waals surface area (Å²) in [7, 11) is 0. The van der Waals surface area contributed by atoms with Crippen molar-refractivity contribution in [2.24, 2.45) is 0 Å². The molecule has 2 rings (SSSR count). The fraction of sp³-hybridized carbons (Fsp3) is 0.667. The van der Waals surface area contributed by atoms with Crippen molar-refractivity contribution >= 4 is 28.5 Å². The van der Waals surface area contributed by atoms with E-state index < -0.39 is 0 Å². The molecular weight excluding hydrogens is 255 g/mol. The van der Waals surface area contributed by atoms with E-state index in [-0.39, 0.29) is 0 Å². The Balaban J connectivity index is 2.34. The van der Waals surface area contributed by atoms with Crippen LogP contribution >= 0.6 is 22.6 Å². The van der Waals surface area contributed by atoms with Crippen LogP contribution in [0.1, 0.15) is 12.2 Å². The second-order valence-electron chi connectivity index (χ2n) is 2.70. The summed E-state index contributed by atoms with van der Waals surface area (Å²) in [5.41, 5.74) is 5.46. The first-order chi connectivity index (χ1) is 5.25. The molecular formula is C6H9IN4. The normalized spacial score (nSPS) is 23.2. The Bertz CT molecular complexity index is 270. The molecule has 1 atom stereocenters. The molecule has 1 aromatic heterocycles. The molecule has 5 heteroatoms. The van der Waals surface area contributed by atoms with E-state index in [2.05, 4.69) is 32.7 Å². The molecule has 0 saturated heterocycles. The fourth-order valence-corrected chi connectivity index (χ4v) is 1.97. The van der Waals surface area contributed by atoms with Crippen molar-refractivity contribution in [3.63, 3.8) is 0 Å². The predicted molar refractivity (Wildman–Crippen MR) is 50.6 cm³/mol. The third-order valence-electron chi connectivity index (χ3n) is 1.82. The van der Waals surface area contributed by atoms with E-state index in [4.69, 9.17) is 5.73 Å². The topological polar surface area (TPSA) is 56.7 Å². The molecule has 4 nitrogen and oxygen atoms in total. The molecule has 0 aliphatic carbocycles. The summed E-state index contributed by atoms with van der Waals surface area (Å²) in [6.45, 7) is 0.958. The lowest BCUT2D eigenvalue weighted by Gasteiger charge is -2.16. The van der Waals surface area contributed by atoms with Crippen molar-refractivity contribution < 1.29 is 0 Å². The van der Waals surface area contributed by atoms with Gasteiger partial charge in [-0.1, -0.05) is 22.6 Å². The molecule has 0 saturated carbocycles. The molecule has 60 valence electrons. The molecule has 0 bridgehead atoms. The van der Waals surface area contributed by atoms with Gasteiger partial charge in [-0.15, -0.1) is 5.10 Å². The van der Waals surface area contributed by atoms with Crippen molar-refractivity contribution in [1.29, 1.82) is 0 Å². The van der Waals surface area contributed by atoms with Gasteiger partial charge in [0.15, 0.2) is 0 Å². The maximum atomic E-state index is 5.46. The fourth-order valence-electron chi connectivity index (χ4n) is 1.29. The SMILES string of the molecule is Nc1nc2n(n1)CC(I)CC2. The van der Waals surface area contributed by atoms with Crippen LogP contribution in [0.15, 0.2) is 0 Å². The molecule has 1 aliphatic rings. The molecule has 1 unspecified atom stereocenters. The second-order valence-corrected chi connectivity index (χ2v) is 4.47. The lowest BCUT2D eigenvalue weighted by molar-refractivity contribution is 0.502. The number of rotatable bonds is 0. The highest BCUT2D eigenvalue weighted by atomic mass is 127. The van der Waals surface area contributed by atoms with Crippen LogP contribution in [0.3, 0.4) is 0 Å². The number of aryl methyl sites for hydroxylation is 1. The number of aromatic nitrogens is 3. The van der Waals surface area contributed by atoms with Gasteiger partial charge in [0.05, 0.1) is 6.54 Å². The zero-order chi connectivity index (χ0) is 7.84. The highest BCUT2D eigenvalue weighted by Gasteiger charge is 2.18. The van der Waals surface area contributed by atoms with Crippen LogP contribution in [0.25, 0.3) is 0 Å². The number of hydrogen-bond acceptors (Lipinski definition) is 3. The lowest BCUT2D eigenvalue weighted by atomic mass is 10.2. The van der Waals surface area contributed by atoms with E-state index in [1.807, 2.05) is 4.68 Å². The van der Waals surface area contributed by atoms with Crippen molar-refractivity contribution in [2.75, 3.05) is 5.73 Å². The Morgan fingerprint density at radius 3 is 3.27 bits per heavy atom. The van der Waals surface area contributed by atoms with Crippen LogP contribution in [-0.2, 0) is 13.0 Å². The number of nitrogens with zero attached hydrogens (tertiary/aromatic N) is 3. The Kier molecular flexibility index (Phi) is 1.74. The first kappa shape index (κ1) is 7.33. The van der Waals surface area contributed by atoms with Gasteiger partial charge < -0.3 is 5.73 Å². The minimum Gasteiger partial charge on any atom is -0.366 e. The first-order valence-electron chi connectivity index (χ1n) is 3.59. The summed E-state index contributed by atoms with van der Waals surface area (Å²) < 4.78 is 2.59. The number of halogens is 1. The minimum absolute atomic E-state index is 0.408. The molecule has 2 N–H and O–H groups in total. The standard InChI is InChI=1S/C6H9IN4/c7-4-1-2-5-9-6(8)10-11(5)3-4/h4H,1-3H2,(H2,8,10). The highest BCUT2D eigenvalue weighted by Crippen LogP contribution is 2.19. The third-order valence-corrected chi connectivity index (χ3v) is 2.83. The van der Waals surface area contributed by atoms with E-state index in [9.17, 15) is 0 Å². The van der Waals surface area contributed by atoms with E-state index in [1.54, 1.807) is 0 Å². The summed E-state index contributed by atoms with van der Waals surface area (Å²) in [5.74, 6) is 1.45. The van der Waals surface area contributed by atoms with E-state index in [0.717, 1.165) is 18.8 Å². The maximum Gasteiger partial charge on any atom is 0.239 e. The quantitative estimate of drug-likeness (QED) is 0.551. The molecule has 1 aromatic rings. The molecule has 0 fully saturated rings. The molecule has 0 spiro atoms. The number of fused-ring (bicyclic) bond motifs is 1. The number of nitrogen functional groups attached to an aromatic ring is 1. The largest absolute Gasteiger partial charge is 0.366 e. The van der Waals surface area contributed by atoms with Crippen molar-refractivity contribution in [1.82, 2.24) is 14.8 Å². The smallest absolute Gasteiger partial charge is 0.239 e. The van der Waals surface area contributed by atoms with E-state index in [1.165, 1.54) is 6.42 Å². The summed E-state index contributed by atoms with van der Waals surface area (Å²) in [4.78, 5) is 4.11. The summed E-state index contributed by atoms with van der Waals surface area (Å²) in [5, 5.41) is 4.08. The van der Waals surface area contributed by atoms with Crippen LogP contribution in [0.4, 0.5) is 5.95 Å². The number of nitrogens with two attached hydrogens (primary N) is 1.